The van der Waals surface area contributed by atoms with Crippen LogP contribution in [0.5, 0.6) is 0 Å². The summed E-state index contributed by atoms with van der Waals surface area (Å²) in [6, 6.07) is 7.94. The number of hydrogen-bond donors (Lipinski definition) is 2. The Bertz CT molecular complexity index is 667. The smallest absolute Gasteiger partial charge is 0.225 e. The highest BCUT2D eigenvalue weighted by molar-refractivity contribution is 7.91. The van der Waals surface area contributed by atoms with E-state index in [9.17, 15) is 13.2 Å². The van der Waals surface area contributed by atoms with E-state index >= 15 is 0 Å². The van der Waals surface area contributed by atoms with Crippen molar-refractivity contribution < 1.29 is 13.2 Å². The van der Waals surface area contributed by atoms with Gasteiger partial charge in [0.05, 0.1) is 11.5 Å². The van der Waals surface area contributed by atoms with E-state index in [1.54, 1.807) is 0 Å². The van der Waals surface area contributed by atoms with Crippen molar-refractivity contribution in [1.82, 2.24) is 5.32 Å². The summed E-state index contributed by atoms with van der Waals surface area (Å²) in [7, 11) is -2.87. The maximum atomic E-state index is 12.0. The Labute approximate surface area is 143 Å². The number of nitrogens with one attached hydrogen (secondary N) is 2. The van der Waals surface area contributed by atoms with Crippen LogP contribution in [0, 0.1) is 0 Å². The van der Waals surface area contributed by atoms with Gasteiger partial charge < -0.3 is 15.5 Å². The first-order chi connectivity index (χ1) is 11.5. The summed E-state index contributed by atoms with van der Waals surface area (Å²) in [5.74, 6) is 0.379. The van der Waals surface area contributed by atoms with E-state index in [-0.39, 0.29) is 23.5 Å². The molecule has 0 bridgehead atoms. The van der Waals surface area contributed by atoms with Crippen molar-refractivity contribution in [3.05, 3.63) is 24.3 Å². The third kappa shape index (κ3) is 4.70. The lowest BCUT2D eigenvalue weighted by Crippen LogP contribution is -2.32. The van der Waals surface area contributed by atoms with Crippen molar-refractivity contribution in [1.29, 1.82) is 0 Å². The van der Waals surface area contributed by atoms with Gasteiger partial charge in [0, 0.05) is 43.5 Å². The molecule has 1 atom stereocenters. The Kier molecular flexibility index (Phi) is 5.40. The van der Waals surface area contributed by atoms with Crippen LogP contribution >= 0.6 is 0 Å². The number of benzene rings is 1. The van der Waals surface area contributed by atoms with Gasteiger partial charge in [-0.3, -0.25) is 4.79 Å². The SMILES string of the molecule is O=C(CCNC1CCS(=O)(=O)C1)Nc1ccc(N2CCCC2)cc1. The van der Waals surface area contributed by atoms with Crippen LogP contribution in [0.3, 0.4) is 0 Å². The monoisotopic (exact) mass is 351 g/mol. The zero-order valence-corrected chi connectivity index (χ0v) is 14.6. The van der Waals surface area contributed by atoms with E-state index in [4.69, 9.17) is 0 Å². The van der Waals surface area contributed by atoms with Crippen LogP contribution in [-0.4, -0.2) is 51.5 Å². The van der Waals surface area contributed by atoms with Crippen LogP contribution < -0.4 is 15.5 Å². The zero-order chi connectivity index (χ0) is 17.0. The van der Waals surface area contributed by atoms with Crippen molar-refractivity contribution in [3.8, 4) is 0 Å². The second-order valence-electron chi connectivity index (χ2n) is 6.59. The summed E-state index contributed by atoms with van der Waals surface area (Å²) < 4.78 is 22.8. The molecule has 6 nitrogen and oxygen atoms in total. The largest absolute Gasteiger partial charge is 0.372 e. The third-order valence-corrected chi connectivity index (χ3v) is 6.41. The first-order valence-corrected chi connectivity index (χ1v) is 10.4. The molecule has 2 aliphatic heterocycles. The number of nitrogens with zero attached hydrogens (tertiary/aromatic N) is 1. The molecule has 2 N–H and O–H groups in total. The molecule has 2 saturated heterocycles. The highest BCUT2D eigenvalue weighted by atomic mass is 32.2. The van der Waals surface area contributed by atoms with Gasteiger partial charge in [0.2, 0.25) is 5.91 Å². The van der Waals surface area contributed by atoms with Crippen LogP contribution in [0.15, 0.2) is 24.3 Å². The number of amides is 1. The fourth-order valence-electron chi connectivity index (χ4n) is 3.30. The van der Waals surface area contributed by atoms with Gasteiger partial charge in [-0.05, 0) is 43.5 Å². The molecule has 2 aliphatic rings. The van der Waals surface area contributed by atoms with E-state index < -0.39 is 9.84 Å². The fraction of sp³-hybridized carbons (Fsp3) is 0.588. The van der Waals surface area contributed by atoms with Gasteiger partial charge in [-0.25, -0.2) is 8.42 Å². The van der Waals surface area contributed by atoms with Crippen LogP contribution in [0.25, 0.3) is 0 Å². The lowest BCUT2D eigenvalue weighted by molar-refractivity contribution is -0.116. The van der Waals surface area contributed by atoms with Crippen LogP contribution in [0.2, 0.25) is 0 Å². The molecule has 7 heteroatoms. The highest BCUT2D eigenvalue weighted by Gasteiger charge is 2.27. The molecule has 1 aromatic rings. The van der Waals surface area contributed by atoms with Gasteiger partial charge in [0.1, 0.15) is 0 Å². The number of anilines is 2. The van der Waals surface area contributed by atoms with Crippen molar-refractivity contribution in [2.75, 3.05) is 41.4 Å². The number of carbonyl (C=O) groups is 1. The van der Waals surface area contributed by atoms with Crippen molar-refractivity contribution >= 4 is 27.1 Å². The number of hydrogen-bond acceptors (Lipinski definition) is 5. The van der Waals surface area contributed by atoms with Gasteiger partial charge in [-0.1, -0.05) is 0 Å². The second kappa shape index (κ2) is 7.53. The zero-order valence-electron chi connectivity index (χ0n) is 13.8. The molecule has 3 rings (SSSR count). The lowest BCUT2D eigenvalue weighted by Gasteiger charge is -2.17. The molecule has 1 unspecified atom stereocenters. The van der Waals surface area contributed by atoms with E-state index in [1.807, 2.05) is 24.3 Å². The Hall–Kier alpha value is -1.60. The summed E-state index contributed by atoms with van der Waals surface area (Å²) in [6.07, 6.45) is 3.47. The predicted molar refractivity (Wildman–Crippen MR) is 96.2 cm³/mol. The van der Waals surface area contributed by atoms with Gasteiger partial charge in [0.25, 0.3) is 0 Å². The Balaban J connectivity index is 1.40. The number of sulfone groups is 1. The molecule has 2 heterocycles. The maximum absolute atomic E-state index is 12.0. The van der Waals surface area contributed by atoms with E-state index in [0.29, 0.717) is 19.4 Å². The van der Waals surface area contributed by atoms with Gasteiger partial charge in [0.15, 0.2) is 9.84 Å². The summed E-state index contributed by atoms with van der Waals surface area (Å²) in [5, 5.41) is 6.04. The molecular weight excluding hydrogens is 326 g/mol. The minimum absolute atomic E-state index is 0.0115. The minimum Gasteiger partial charge on any atom is -0.372 e. The van der Waals surface area contributed by atoms with Crippen molar-refractivity contribution in [2.24, 2.45) is 0 Å². The molecule has 0 radical (unpaired) electrons. The summed E-state index contributed by atoms with van der Waals surface area (Å²) in [5.41, 5.74) is 2.00. The quantitative estimate of drug-likeness (QED) is 0.810. The summed E-state index contributed by atoms with van der Waals surface area (Å²) in [4.78, 5) is 14.3. The second-order valence-corrected chi connectivity index (χ2v) is 8.82. The number of rotatable bonds is 6. The third-order valence-electron chi connectivity index (χ3n) is 4.64. The molecule has 24 heavy (non-hydrogen) atoms. The lowest BCUT2D eigenvalue weighted by atomic mass is 10.2. The average Bonchev–Trinajstić information content (AvgIpc) is 3.18. The standard InChI is InChI=1S/C17H25N3O3S/c21-17(7-9-18-15-8-12-24(22,23)13-15)19-14-3-5-16(6-4-14)20-10-1-2-11-20/h3-6,15,18H,1-2,7-13H2,(H,19,21). The molecule has 0 aromatic heterocycles. The van der Waals surface area contributed by atoms with Crippen LogP contribution in [-0.2, 0) is 14.6 Å². The maximum Gasteiger partial charge on any atom is 0.225 e. The van der Waals surface area contributed by atoms with Gasteiger partial charge in [-0.15, -0.1) is 0 Å². The minimum atomic E-state index is -2.87. The van der Waals surface area contributed by atoms with Crippen molar-refractivity contribution in [3.63, 3.8) is 0 Å². The highest BCUT2D eigenvalue weighted by Crippen LogP contribution is 2.22. The normalized spacial score (nSPS) is 22.7. The van der Waals surface area contributed by atoms with E-state index in [2.05, 4.69) is 15.5 Å². The van der Waals surface area contributed by atoms with Crippen molar-refractivity contribution in [2.45, 2.75) is 31.7 Å². The molecular formula is C17H25N3O3S. The molecule has 1 aromatic carbocycles. The van der Waals surface area contributed by atoms with Crippen LogP contribution in [0.4, 0.5) is 11.4 Å². The molecule has 0 aliphatic carbocycles. The first-order valence-electron chi connectivity index (χ1n) is 8.60. The number of carbonyl (C=O) groups excluding carboxylic acids is 1. The molecule has 0 saturated carbocycles. The average molecular weight is 351 g/mol. The molecule has 132 valence electrons. The Morgan fingerprint density at radius 1 is 1.17 bits per heavy atom. The molecule has 1 amide bonds. The Morgan fingerprint density at radius 2 is 1.88 bits per heavy atom. The fourth-order valence-corrected chi connectivity index (χ4v) is 5.01. The Morgan fingerprint density at radius 3 is 2.50 bits per heavy atom. The molecule has 0 spiro atoms. The summed E-state index contributed by atoms with van der Waals surface area (Å²) in [6.45, 7) is 2.71. The van der Waals surface area contributed by atoms with Gasteiger partial charge >= 0.3 is 0 Å². The topological polar surface area (TPSA) is 78.5 Å². The molecule has 2 fully saturated rings. The van der Waals surface area contributed by atoms with Crippen LogP contribution in [0.1, 0.15) is 25.7 Å². The van der Waals surface area contributed by atoms with Gasteiger partial charge in [-0.2, -0.15) is 0 Å². The van der Waals surface area contributed by atoms with E-state index in [1.165, 1.54) is 18.5 Å². The first kappa shape index (κ1) is 17.2. The summed E-state index contributed by atoms with van der Waals surface area (Å²) >= 11 is 0. The predicted octanol–water partition coefficient (Wildman–Crippen LogP) is 1.39. The van der Waals surface area contributed by atoms with E-state index in [0.717, 1.165) is 18.8 Å².